The lowest BCUT2D eigenvalue weighted by atomic mass is 10.1. The SMILES string of the molecule is C[C@@H](O)c1ccc(N2CCC(CCO)C2)nc1. The van der Waals surface area contributed by atoms with Crippen LogP contribution in [0.5, 0.6) is 0 Å². The summed E-state index contributed by atoms with van der Waals surface area (Å²) in [6.07, 6.45) is 3.28. The van der Waals surface area contributed by atoms with Gasteiger partial charge in [-0.05, 0) is 37.3 Å². The Morgan fingerprint density at radius 2 is 2.35 bits per heavy atom. The normalized spacial score (nSPS) is 21.8. The number of nitrogens with zero attached hydrogens (tertiary/aromatic N) is 2. The molecule has 0 bridgehead atoms. The highest BCUT2D eigenvalue weighted by Crippen LogP contribution is 2.24. The Morgan fingerprint density at radius 1 is 1.53 bits per heavy atom. The van der Waals surface area contributed by atoms with Crippen molar-refractivity contribution in [2.75, 3.05) is 24.6 Å². The molecule has 2 atom stereocenters. The lowest BCUT2D eigenvalue weighted by Crippen LogP contribution is -2.21. The maximum absolute atomic E-state index is 9.41. The van der Waals surface area contributed by atoms with Gasteiger partial charge in [0, 0.05) is 25.9 Å². The van der Waals surface area contributed by atoms with Crippen molar-refractivity contribution in [1.82, 2.24) is 4.98 Å². The lowest BCUT2D eigenvalue weighted by molar-refractivity contribution is 0.199. The summed E-state index contributed by atoms with van der Waals surface area (Å²) in [6, 6.07) is 3.88. The van der Waals surface area contributed by atoms with Crippen LogP contribution in [0.2, 0.25) is 0 Å². The Balaban J connectivity index is 1.99. The molecule has 2 rings (SSSR count). The summed E-state index contributed by atoms with van der Waals surface area (Å²) in [5.41, 5.74) is 0.847. The van der Waals surface area contributed by atoms with Gasteiger partial charge in [-0.1, -0.05) is 6.07 Å². The molecule has 17 heavy (non-hydrogen) atoms. The van der Waals surface area contributed by atoms with Crippen LogP contribution in [0.15, 0.2) is 18.3 Å². The van der Waals surface area contributed by atoms with Gasteiger partial charge in [0.15, 0.2) is 0 Å². The Bertz CT molecular complexity index is 351. The molecule has 1 aliphatic heterocycles. The van der Waals surface area contributed by atoms with Gasteiger partial charge < -0.3 is 15.1 Å². The van der Waals surface area contributed by atoms with Crippen LogP contribution in [0.1, 0.15) is 31.4 Å². The molecule has 1 unspecified atom stereocenters. The number of aliphatic hydroxyl groups is 2. The largest absolute Gasteiger partial charge is 0.396 e. The van der Waals surface area contributed by atoms with Gasteiger partial charge in [-0.2, -0.15) is 0 Å². The van der Waals surface area contributed by atoms with Crippen LogP contribution in [0.3, 0.4) is 0 Å². The van der Waals surface area contributed by atoms with Crippen LogP contribution >= 0.6 is 0 Å². The van der Waals surface area contributed by atoms with Gasteiger partial charge in [-0.15, -0.1) is 0 Å². The van der Waals surface area contributed by atoms with Crippen molar-refractivity contribution in [2.24, 2.45) is 5.92 Å². The van der Waals surface area contributed by atoms with Crippen LogP contribution in [0, 0.1) is 5.92 Å². The zero-order valence-corrected chi connectivity index (χ0v) is 10.2. The Morgan fingerprint density at radius 3 is 2.94 bits per heavy atom. The number of hydrogen-bond donors (Lipinski definition) is 2. The maximum Gasteiger partial charge on any atom is 0.128 e. The third-order valence-electron chi connectivity index (χ3n) is 3.40. The van der Waals surface area contributed by atoms with E-state index in [1.807, 2.05) is 12.1 Å². The van der Waals surface area contributed by atoms with E-state index in [-0.39, 0.29) is 6.61 Å². The molecule has 4 nitrogen and oxygen atoms in total. The monoisotopic (exact) mass is 236 g/mol. The molecule has 1 saturated heterocycles. The molecule has 0 aromatic carbocycles. The average molecular weight is 236 g/mol. The number of aliphatic hydroxyl groups excluding tert-OH is 2. The van der Waals surface area contributed by atoms with Crippen molar-refractivity contribution in [3.63, 3.8) is 0 Å². The highest BCUT2D eigenvalue weighted by atomic mass is 16.3. The predicted molar refractivity (Wildman–Crippen MR) is 66.9 cm³/mol. The fourth-order valence-electron chi connectivity index (χ4n) is 2.29. The fraction of sp³-hybridized carbons (Fsp3) is 0.615. The first-order valence-corrected chi connectivity index (χ1v) is 6.20. The van der Waals surface area contributed by atoms with E-state index in [0.29, 0.717) is 5.92 Å². The average Bonchev–Trinajstić information content (AvgIpc) is 2.78. The van der Waals surface area contributed by atoms with Crippen molar-refractivity contribution < 1.29 is 10.2 Å². The Kier molecular flexibility index (Phi) is 3.97. The first-order chi connectivity index (χ1) is 8.20. The number of rotatable bonds is 4. The zero-order valence-electron chi connectivity index (χ0n) is 10.2. The molecule has 0 radical (unpaired) electrons. The van der Waals surface area contributed by atoms with Gasteiger partial charge >= 0.3 is 0 Å². The maximum atomic E-state index is 9.41. The van der Waals surface area contributed by atoms with Gasteiger partial charge in [-0.25, -0.2) is 4.98 Å². The smallest absolute Gasteiger partial charge is 0.128 e. The van der Waals surface area contributed by atoms with Crippen LogP contribution in [0.25, 0.3) is 0 Å². The standard InChI is InChI=1S/C13H20N2O2/c1-10(17)12-2-3-13(14-8-12)15-6-4-11(9-15)5-7-16/h2-3,8,10-11,16-17H,4-7,9H2,1H3/t10-,11?/m1/s1. The molecule has 94 valence electrons. The molecule has 0 spiro atoms. The zero-order chi connectivity index (χ0) is 12.3. The van der Waals surface area contributed by atoms with E-state index in [4.69, 9.17) is 5.11 Å². The summed E-state index contributed by atoms with van der Waals surface area (Å²) < 4.78 is 0. The first-order valence-electron chi connectivity index (χ1n) is 6.20. The van der Waals surface area contributed by atoms with Crippen molar-refractivity contribution in [3.05, 3.63) is 23.9 Å². The topological polar surface area (TPSA) is 56.6 Å². The molecule has 1 aromatic heterocycles. The summed E-state index contributed by atoms with van der Waals surface area (Å²) in [6.45, 7) is 3.99. The summed E-state index contributed by atoms with van der Waals surface area (Å²) in [5.74, 6) is 1.55. The number of anilines is 1. The molecule has 1 aliphatic rings. The molecule has 2 heterocycles. The molecule has 4 heteroatoms. The van der Waals surface area contributed by atoms with Crippen LogP contribution < -0.4 is 4.90 Å². The number of pyridine rings is 1. The third-order valence-corrected chi connectivity index (χ3v) is 3.40. The number of aromatic nitrogens is 1. The van der Waals surface area contributed by atoms with E-state index in [2.05, 4.69) is 9.88 Å². The quantitative estimate of drug-likeness (QED) is 0.828. The van der Waals surface area contributed by atoms with Crippen molar-refractivity contribution >= 4 is 5.82 Å². The summed E-state index contributed by atoms with van der Waals surface area (Å²) in [4.78, 5) is 6.62. The summed E-state index contributed by atoms with van der Waals surface area (Å²) in [7, 11) is 0. The fourth-order valence-corrected chi connectivity index (χ4v) is 2.29. The van der Waals surface area contributed by atoms with Gasteiger partial charge in [0.2, 0.25) is 0 Å². The third kappa shape index (κ3) is 2.96. The molecular weight excluding hydrogens is 216 g/mol. The minimum atomic E-state index is -0.461. The van der Waals surface area contributed by atoms with Crippen molar-refractivity contribution in [1.29, 1.82) is 0 Å². The van der Waals surface area contributed by atoms with E-state index in [1.165, 1.54) is 0 Å². The highest BCUT2D eigenvalue weighted by Gasteiger charge is 2.22. The van der Waals surface area contributed by atoms with E-state index < -0.39 is 6.10 Å². The second-order valence-corrected chi connectivity index (χ2v) is 4.74. The van der Waals surface area contributed by atoms with Gasteiger partial charge in [0.05, 0.1) is 6.10 Å². The van der Waals surface area contributed by atoms with Crippen LogP contribution in [0.4, 0.5) is 5.82 Å². The van der Waals surface area contributed by atoms with Crippen molar-refractivity contribution in [2.45, 2.75) is 25.9 Å². The van der Waals surface area contributed by atoms with Gasteiger partial charge in [0.25, 0.3) is 0 Å². The molecule has 1 fully saturated rings. The predicted octanol–water partition coefficient (Wildman–Crippen LogP) is 1.34. The Hall–Kier alpha value is -1.13. The highest BCUT2D eigenvalue weighted by molar-refractivity contribution is 5.40. The lowest BCUT2D eigenvalue weighted by Gasteiger charge is -2.18. The van der Waals surface area contributed by atoms with E-state index >= 15 is 0 Å². The molecule has 0 amide bonds. The second kappa shape index (κ2) is 5.47. The first kappa shape index (κ1) is 12.3. The van der Waals surface area contributed by atoms with E-state index in [9.17, 15) is 5.11 Å². The van der Waals surface area contributed by atoms with Gasteiger partial charge in [0.1, 0.15) is 5.82 Å². The summed E-state index contributed by atoms with van der Waals surface area (Å²) in [5, 5.41) is 18.3. The Labute approximate surface area is 102 Å². The number of hydrogen-bond acceptors (Lipinski definition) is 4. The van der Waals surface area contributed by atoms with E-state index in [1.54, 1.807) is 13.1 Å². The molecule has 2 N–H and O–H groups in total. The summed E-state index contributed by atoms with van der Waals surface area (Å²) >= 11 is 0. The second-order valence-electron chi connectivity index (χ2n) is 4.74. The van der Waals surface area contributed by atoms with Gasteiger partial charge in [-0.3, -0.25) is 0 Å². The minimum Gasteiger partial charge on any atom is -0.396 e. The molecule has 1 aromatic rings. The van der Waals surface area contributed by atoms with Crippen LogP contribution in [-0.4, -0.2) is 34.9 Å². The molecular formula is C13H20N2O2. The van der Waals surface area contributed by atoms with Crippen molar-refractivity contribution in [3.8, 4) is 0 Å². The molecule has 0 aliphatic carbocycles. The van der Waals surface area contributed by atoms with Crippen LogP contribution in [-0.2, 0) is 0 Å². The molecule has 0 saturated carbocycles. The van der Waals surface area contributed by atoms with E-state index in [0.717, 1.165) is 37.3 Å². The minimum absolute atomic E-state index is 0.271.